The molecule has 0 bridgehead atoms. The molecule has 2 N–H and O–H groups in total. The number of amides is 1. The summed E-state index contributed by atoms with van der Waals surface area (Å²) in [6.45, 7) is -0.248. The quantitative estimate of drug-likeness (QED) is 0.841. The van der Waals surface area contributed by atoms with Crippen LogP contribution in [-0.4, -0.2) is 18.0 Å². The van der Waals surface area contributed by atoms with Crippen LogP contribution in [0.2, 0.25) is 0 Å². The molecule has 2 fully saturated rings. The predicted octanol–water partition coefficient (Wildman–Crippen LogP) is 2.21. The van der Waals surface area contributed by atoms with Crippen molar-refractivity contribution < 1.29 is 22.4 Å². The summed E-state index contributed by atoms with van der Waals surface area (Å²) in [5.41, 5.74) is -1.48. The Morgan fingerprint density at radius 2 is 2.10 bits per heavy atom. The average molecular weight is 302 g/mol. The van der Waals surface area contributed by atoms with E-state index in [4.69, 9.17) is 0 Å². The van der Waals surface area contributed by atoms with Crippen LogP contribution >= 0.6 is 0 Å². The summed E-state index contributed by atoms with van der Waals surface area (Å²) < 4.78 is 51.5. The molecule has 0 radical (unpaired) electrons. The summed E-state index contributed by atoms with van der Waals surface area (Å²) in [6.07, 6.45) is -2.92. The molecular weight excluding hydrogens is 288 g/mol. The van der Waals surface area contributed by atoms with Crippen molar-refractivity contribution >= 4 is 5.91 Å². The van der Waals surface area contributed by atoms with Gasteiger partial charge in [0.2, 0.25) is 5.91 Å². The molecular formula is C14H14F4N2O. The Labute approximate surface area is 118 Å². The number of halogens is 4. The van der Waals surface area contributed by atoms with Crippen LogP contribution in [0, 0.1) is 11.7 Å². The standard InChI is InChI=1S/C14H14F4N2O/c15-12-7(2-1-3-9(12)14(16,17)18)6-19-13(21)11-5-8-4-10(8)20-11/h1-3,8,10-11,20H,4-6H2,(H,19,21). The van der Waals surface area contributed by atoms with Gasteiger partial charge in [-0.05, 0) is 24.8 Å². The third kappa shape index (κ3) is 2.88. The number of piperidine rings is 1. The van der Waals surface area contributed by atoms with Gasteiger partial charge < -0.3 is 10.6 Å². The molecule has 1 heterocycles. The van der Waals surface area contributed by atoms with Crippen molar-refractivity contribution in [2.75, 3.05) is 0 Å². The highest BCUT2D eigenvalue weighted by atomic mass is 19.4. The molecule has 2 aliphatic rings. The van der Waals surface area contributed by atoms with Gasteiger partial charge in [0.05, 0.1) is 11.6 Å². The van der Waals surface area contributed by atoms with E-state index in [0.29, 0.717) is 18.0 Å². The van der Waals surface area contributed by atoms with E-state index < -0.39 is 17.6 Å². The van der Waals surface area contributed by atoms with Gasteiger partial charge in [-0.3, -0.25) is 4.79 Å². The zero-order valence-corrected chi connectivity index (χ0v) is 11.0. The van der Waals surface area contributed by atoms with Gasteiger partial charge in [-0.2, -0.15) is 13.2 Å². The number of hydrogen-bond donors (Lipinski definition) is 2. The topological polar surface area (TPSA) is 41.1 Å². The van der Waals surface area contributed by atoms with Gasteiger partial charge in [-0.25, -0.2) is 4.39 Å². The largest absolute Gasteiger partial charge is 0.419 e. The molecule has 3 atom stereocenters. The van der Waals surface area contributed by atoms with Crippen LogP contribution in [0.15, 0.2) is 18.2 Å². The molecule has 114 valence electrons. The van der Waals surface area contributed by atoms with Crippen molar-refractivity contribution in [2.45, 2.75) is 37.6 Å². The van der Waals surface area contributed by atoms with Crippen LogP contribution < -0.4 is 10.6 Å². The first-order chi connectivity index (χ1) is 9.86. The lowest BCUT2D eigenvalue weighted by atomic mass is 10.1. The number of benzene rings is 1. The minimum absolute atomic E-state index is 0.165. The number of nitrogens with one attached hydrogen (secondary N) is 2. The molecule has 1 aliphatic heterocycles. The van der Waals surface area contributed by atoms with Gasteiger partial charge in [-0.1, -0.05) is 12.1 Å². The molecule has 3 rings (SSSR count). The van der Waals surface area contributed by atoms with Crippen molar-refractivity contribution in [3.8, 4) is 0 Å². The number of hydrogen-bond acceptors (Lipinski definition) is 2. The fourth-order valence-electron chi connectivity index (χ4n) is 2.76. The average Bonchev–Trinajstić information content (AvgIpc) is 3.02. The van der Waals surface area contributed by atoms with E-state index in [9.17, 15) is 22.4 Å². The second kappa shape index (κ2) is 4.98. The Bertz CT molecular complexity index is 563. The Morgan fingerprint density at radius 1 is 1.33 bits per heavy atom. The lowest BCUT2D eigenvalue weighted by Gasteiger charge is -2.15. The minimum Gasteiger partial charge on any atom is -0.351 e. The SMILES string of the molecule is O=C(NCc1cccc(C(F)(F)F)c1F)C1CC2CC2N1. The lowest BCUT2D eigenvalue weighted by molar-refractivity contribution is -0.140. The first-order valence-electron chi connectivity index (χ1n) is 6.74. The second-order valence-electron chi connectivity index (χ2n) is 5.55. The van der Waals surface area contributed by atoms with Gasteiger partial charge in [0, 0.05) is 18.2 Å². The molecule has 3 unspecified atom stereocenters. The molecule has 0 aromatic heterocycles. The highest BCUT2D eigenvalue weighted by Gasteiger charge is 2.47. The van der Waals surface area contributed by atoms with Crippen LogP contribution in [-0.2, 0) is 17.5 Å². The maximum absolute atomic E-state index is 13.8. The Morgan fingerprint density at radius 3 is 2.71 bits per heavy atom. The summed E-state index contributed by atoms with van der Waals surface area (Å²) in [6, 6.07) is 3.14. The third-order valence-electron chi connectivity index (χ3n) is 4.03. The number of carbonyl (C=O) groups is 1. The van der Waals surface area contributed by atoms with Crippen molar-refractivity contribution in [1.82, 2.24) is 10.6 Å². The molecule has 7 heteroatoms. The van der Waals surface area contributed by atoms with E-state index >= 15 is 0 Å². The normalized spacial score (nSPS) is 27.3. The van der Waals surface area contributed by atoms with Crippen LogP contribution in [0.5, 0.6) is 0 Å². The van der Waals surface area contributed by atoms with Gasteiger partial charge >= 0.3 is 6.18 Å². The summed E-state index contributed by atoms with van der Waals surface area (Å²) in [7, 11) is 0. The van der Waals surface area contributed by atoms with Crippen molar-refractivity contribution in [3.05, 3.63) is 35.1 Å². The van der Waals surface area contributed by atoms with Crippen LogP contribution in [0.25, 0.3) is 0 Å². The van der Waals surface area contributed by atoms with Crippen molar-refractivity contribution in [1.29, 1.82) is 0 Å². The Kier molecular flexibility index (Phi) is 3.39. The van der Waals surface area contributed by atoms with Crippen LogP contribution in [0.3, 0.4) is 0 Å². The third-order valence-corrected chi connectivity index (χ3v) is 4.03. The molecule has 0 spiro atoms. The zero-order chi connectivity index (χ0) is 15.2. The highest BCUT2D eigenvalue weighted by molar-refractivity contribution is 5.82. The summed E-state index contributed by atoms with van der Waals surface area (Å²) in [4.78, 5) is 11.9. The van der Waals surface area contributed by atoms with Gasteiger partial charge in [0.25, 0.3) is 0 Å². The number of alkyl halides is 3. The minimum atomic E-state index is -4.74. The van der Waals surface area contributed by atoms with Gasteiger partial charge in [0.1, 0.15) is 5.82 Å². The van der Waals surface area contributed by atoms with E-state index in [-0.39, 0.29) is 24.1 Å². The molecule has 21 heavy (non-hydrogen) atoms. The smallest absolute Gasteiger partial charge is 0.351 e. The summed E-state index contributed by atoms with van der Waals surface area (Å²) in [5, 5.41) is 5.62. The molecule has 1 aromatic carbocycles. The van der Waals surface area contributed by atoms with E-state index in [1.54, 1.807) is 0 Å². The van der Waals surface area contributed by atoms with Gasteiger partial charge in [0.15, 0.2) is 0 Å². The second-order valence-corrected chi connectivity index (χ2v) is 5.55. The van der Waals surface area contributed by atoms with Crippen molar-refractivity contribution in [2.24, 2.45) is 5.92 Å². The first kappa shape index (κ1) is 14.3. The number of rotatable bonds is 3. The molecule has 1 saturated carbocycles. The van der Waals surface area contributed by atoms with Crippen molar-refractivity contribution in [3.63, 3.8) is 0 Å². The monoisotopic (exact) mass is 302 g/mol. The molecule has 1 saturated heterocycles. The van der Waals surface area contributed by atoms with E-state index in [0.717, 1.165) is 18.9 Å². The first-order valence-corrected chi connectivity index (χ1v) is 6.74. The van der Waals surface area contributed by atoms with Crippen LogP contribution in [0.4, 0.5) is 17.6 Å². The maximum Gasteiger partial charge on any atom is 0.419 e. The van der Waals surface area contributed by atoms with Gasteiger partial charge in [-0.15, -0.1) is 0 Å². The van der Waals surface area contributed by atoms with E-state index in [1.807, 2.05) is 0 Å². The van der Waals surface area contributed by atoms with E-state index in [1.165, 1.54) is 6.07 Å². The molecule has 3 nitrogen and oxygen atoms in total. The maximum atomic E-state index is 13.8. The van der Waals surface area contributed by atoms with Crippen LogP contribution in [0.1, 0.15) is 24.0 Å². The number of fused-ring (bicyclic) bond motifs is 1. The summed E-state index contributed by atoms with van der Waals surface area (Å²) in [5.74, 6) is -1.09. The molecule has 1 aromatic rings. The fourth-order valence-corrected chi connectivity index (χ4v) is 2.76. The fraction of sp³-hybridized carbons (Fsp3) is 0.500. The predicted molar refractivity (Wildman–Crippen MR) is 66.7 cm³/mol. The van der Waals surface area contributed by atoms with E-state index in [2.05, 4.69) is 10.6 Å². The Hall–Kier alpha value is -1.63. The summed E-state index contributed by atoms with van der Waals surface area (Å²) >= 11 is 0. The molecule has 1 amide bonds. The number of carbonyl (C=O) groups excluding carboxylic acids is 1. The Balaban J connectivity index is 1.64. The molecule has 1 aliphatic carbocycles. The zero-order valence-electron chi connectivity index (χ0n) is 11.0. The highest BCUT2D eigenvalue weighted by Crippen LogP contribution is 2.40. The lowest BCUT2D eigenvalue weighted by Crippen LogP contribution is -2.42.